The molecule has 0 amide bonds. The summed E-state index contributed by atoms with van der Waals surface area (Å²) in [5, 5.41) is 16.5. The van der Waals surface area contributed by atoms with Crippen LogP contribution in [0.2, 0.25) is 0 Å². The molecule has 0 saturated heterocycles. The SMILES string of the molecule is CCc1noc(C(C)Sc2nnnn2-c2cccc(C)c2)n1. The molecule has 2 aromatic heterocycles. The summed E-state index contributed by atoms with van der Waals surface area (Å²) in [5.41, 5.74) is 2.08. The van der Waals surface area contributed by atoms with Crippen LogP contribution >= 0.6 is 11.8 Å². The lowest BCUT2D eigenvalue weighted by Crippen LogP contribution is -2.00. The molecule has 0 saturated carbocycles. The fraction of sp³-hybridized carbons (Fsp3) is 0.357. The lowest BCUT2D eigenvalue weighted by atomic mass is 10.2. The minimum Gasteiger partial charge on any atom is -0.338 e. The number of tetrazole rings is 1. The molecule has 0 aliphatic heterocycles. The monoisotopic (exact) mass is 316 g/mol. The van der Waals surface area contributed by atoms with Crippen molar-refractivity contribution in [2.24, 2.45) is 0 Å². The molecule has 0 fully saturated rings. The van der Waals surface area contributed by atoms with E-state index in [0.29, 0.717) is 16.9 Å². The Morgan fingerprint density at radius 1 is 1.36 bits per heavy atom. The van der Waals surface area contributed by atoms with E-state index in [1.54, 1.807) is 4.68 Å². The van der Waals surface area contributed by atoms with Gasteiger partial charge in [-0.3, -0.25) is 0 Å². The van der Waals surface area contributed by atoms with E-state index in [1.807, 2.05) is 45.0 Å². The van der Waals surface area contributed by atoms with Gasteiger partial charge >= 0.3 is 0 Å². The third kappa shape index (κ3) is 3.01. The molecule has 1 atom stereocenters. The second-order valence-electron chi connectivity index (χ2n) is 4.87. The molecule has 0 aliphatic rings. The quantitative estimate of drug-likeness (QED) is 0.669. The van der Waals surface area contributed by atoms with Gasteiger partial charge in [0.1, 0.15) is 0 Å². The summed E-state index contributed by atoms with van der Waals surface area (Å²) in [6, 6.07) is 8.02. The summed E-state index contributed by atoms with van der Waals surface area (Å²) in [5.74, 6) is 1.29. The van der Waals surface area contributed by atoms with Crippen molar-refractivity contribution < 1.29 is 4.52 Å². The number of aromatic nitrogens is 6. The van der Waals surface area contributed by atoms with Crippen LogP contribution in [0.15, 0.2) is 33.9 Å². The molecule has 0 aliphatic carbocycles. The van der Waals surface area contributed by atoms with Crippen molar-refractivity contribution in [1.82, 2.24) is 30.3 Å². The van der Waals surface area contributed by atoms with Crippen molar-refractivity contribution in [1.29, 1.82) is 0 Å². The highest BCUT2D eigenvalue weighted by Gasteiger charge is 2.19. The molecule has 114 valence electrons. The zero-order valence-corrected chi connectivity index (χ0v) is 13.4. The lowest BCUT2D eigenvalue weighted by Gasteiger charge is -2.07. The van der Waals surface area contributed by atoms with E-state index in [0.717, 1.165) is 17.7 Å². The molecule has 3 rings (SSSR count). The summed E-state index contributed by atoms with van der Waals surface area (Å²) < 4.78 is 6.98. The van der Waals surface area contributed by atoms with Crippen molar-refractivity contribution in [3.8, 4) is 5.69 Å². The van der Waals surface area contributed by atoms with E-state index >= 15 is 0 Å². The van der Waals surface area contributed by atoms with E-state index in [4.69, 9.17) is 4.52 Å². The van der Waals surface area contributed by atoms with Crippen LogP contribution in [0.4, 0.5) is 0 Å². The Hall–Kier alpha value is -2.22. The fourth-order valence-electron chi connectivity index (χ4n) is 1.96. The van der Waals surface area contributed by atoms with Gasteiger partial charge < -0.3 is 4.52 Å². The maximum absolute atomic E-state index is 5.27. The van der Waals surface area contributed by atoms with Crippen LogP contribution in [0.5, 0.6) is 0 Å². The number of nitrogens with zero attached hydrogens (tertiary/aromatic N) is 6. The minimum atomic E-state index is -0.0256. The maximum Gasteiger partial charge on any atom is 0.239 e. The van der Waals surface area contributed by atoms with Crippen molar-refractivity contribution in [3.05, 3.63) is 41.5 Å². The van der Waals surface area contributed by atoms with Crippen LogP contribution < -0.4 is 0 Å². The van der Waals surface area contributed by atoms with Crippen LogP contribution in [0.25, 0.3) is 5.69 Å². The number of hydrogen-bond acceptors (Lipinski definition) is 7. The van der Waals surface area contributed by atoms with E-state index in [1.165, 1.54) is 11.8 Å². The first kappa shape index (κ1) is 14.7. The van der Waals surface area contributed by atoms with Crippen LogP contribution in [-0.4, -0.2) is 30.3 Å². The Kier molecular flexibility index (Phi) is 4.19. The Balaban J connectivity index is 1.83. The summed E-state index contributed by atoms with van der Waals surface area (Å²) in [4.78, 5) is 4.35. The number of hydrogen-bond donors (Lipinski definition) is 0. The Bertz CT molecular complexity index is 768. The standard InChI is InChI=1S/C14H16N6OS/c1-4-12-15-13(21-17-12)10(3)22-14-16-18-19-20(14)11-7-5-6-9(2)8-11/h5-8,10H,4H2,1-3H3. The van der Waals surface area contributed by atoms with Crippen molar-refractivity contribution >= 4 is 11.8 Å². The zero-order chi connectivity index (χ0) is 15.5. The predicted molar refractivity (Wildman–Crippen MR) is 81.8 cm³/mol. The molecule has 3 aromatic rings. The third-order valence-electron chi connectivity index (χ3n) is 3.12. The van der Waals surface area contributed by atoms with Crippen molar-refractivity contribution in [3.63, 3.8) is 0 Å². The third-order valence-corrected chi connectivity index (χ3v) is 4.14. The Labute approximate surface area is 132 Å². The molecule has 0 N–H and O–H groups in total. The van der Waals surface area contributed by atoms with Gasteiger partial charge in [-0.1, -0.05) is 36.0 Å². The van der Waals surface area contributed by atoms with Crippen LogP contribution in [0, 0.1) is 6.92 Å². The molecule has 1 unspecified atom stereocenters. The molecular weight excluding hydrogens is 300 g/mol. The number of thioether (sulfide) groups is 1. The second-order valence-corrected chi connectivity index (χ2v) is 6.18. The molecular formula is C14H16N6OS. The highest BCUT2D eigenvalue weighted by molar-refractivity contribution is 7.99. The van der Waals surface area contributed by atoms with E-state index in [2.05, 4.69) is 25.7 Å². The van der Waals surface area contributed by atoms with Gasteiger partial charge in [-0.05, 0) is 42.0 Å². The average molecular weight is 316 g/mol. The smallest absolute Gasteiger partial charge is 0.239 e. The van der Waals surface area contributed by atoms with Gasteiger partial charge in [0.05, 0.1) is 10.9 Å². The fourth-order valence-corrected chi connectivity index (χ4v) is 2.80. The average Bonchev–Trinajstić information content (AvgIpc) is 3.16. The molecule has 0 bridgehead atoms. The molecule has 1 aromatic carbocycles. The van der Waals surface area contributed by atoms with Crippen molar-refractivity contribution in [2.75, 3.05) is 0 Å². The zero-order valence-electron chi connectivity index (χ0n) is 12.6. The van der Waals surface area contributed by atoms with E-state index in [9.17, 15) is 0 Å². The van der Waals surface area contributed by atoms with Gasteiger partial charge in [0.15, 0.2) is 5.82 Å². The first-order valence-electron chi connectivity index (χ1n) is 7.02. The van der Waals surface area contributed by atoms with E-state index in [-0.39, 0.29) is 5.25 Å². The summed E-state index contributed by atoms with van der Waals surface area (Å²) in [6.45, 7) is 6.02. The Morgan fingerprint density at radius 3 is 2.95 bits per heavy atom. The molecule has 0 radical (unpaired) electrons. The molecule has 8 heteroatoms. The van der Waals surface area contributed by atoms with Gasteiger partial charge in [0, 0.05) is 6.42 Å². The summed E-state index contributed by atoms with van der Waals surface area (Å²) in [7, 11) is 0. The predicted octanol–water partition coefficient (Wildman–Crippen LogP) is 2.77. The topological polar surface area (TPSA) is 82.5 Å². The van der Waals surface area contributed by atoms with Crippen LogP contribution in [0.1, 0.15) is 36.4 Å². The highest BCUT2D eigenvalue weighted by atomic mass is 32.2. The molecule has 2 heterocycles. The Morgan fingerprint density at radius 2 is 2.23 bits per heavy atom. The van der Waals surface area contributed by atoms with Gasteiger partial charge in [0.2, 0.25) is 11.0 Å². The summed E-state index contributed by atoms with van der Waals surface area (Å²) >= 11 is 1.49. The van der Waals surface area contributed by atoms with Crippen molar-refractivity contribution in [2.45, 2.75) is 37.6 Å². The number of aryl methyl sites for hydroxylation is 2. The van der Waals surface area contributed by atoms with Gasteiger partial charge in [0.25, 0.3) is 0 Å². The number of rotatable bonds is 5. The first-order valence-corrected chi connectivity index (χ1v) is 7.90. The normalized spacial score (nSPS) is 12.5. The minimum absolute atomic E-state index is 0.0256. The van der Waals surface area contributed by atoms with Gasteiger partial charge in [-0.25, -0.2) is 0 Å². The van der Waals surface area contributed by atoms with E-state index < -0.39 is 0 Å². The summed E-state index contributed by atoms with van der Waals surface area (Å²) in [6.07, 6.45) is 0.752. The highest BCUT2D eigenvalue weighted by Crippen LogP contribution is 2.33. The van der Waals surface area contributed by atoms with Crippen LogP contribution in [-0.2, 0) is 6.42 Å². The largest absolute Gasteiger partial charge is 0.338 e. The first-order chi connectivity index (χ1) is 10.7. The maximum atomic E-state index is 5.27. The van der Waals surface area contributed by atoms with Gasteiger partial charge in [-0.2, -0.15) is 9.67 Å². The second kappa shape index (κ2) is 6.27. The van der Waals surface area contributed by atoms with Crippen LogP contribution in [0.3, 0.4) is 0 Å². The number of benzene rings is 1. The molecule has 0 spiro atoms. The van der Waals surface area contributed by atoms with Gasteiger partial charge in [-0.15, -0.1) is 5.10 Å². The molecule has 22 heavy (non-hydrogen) atoms. The lowest BCUT2D eigenvalue weighted by molar-refractivity contribution is 0.375. The molecule has 7 nitrogen and oxygen atoms in total.